The first-order chi connectivity index (χ1) is 9.70. The van der Waals surface area contributed by atoms with E-state index in [4.69, 9.17) is 5.73 Å². The lowest BCUT2D eigenvalue weighted by Gasteiger charge is -2.05. The summed E-state index contributed by atoms with van der Waals surface area (Å²) in [6.07, 6.45) is 0. The fourth-order valence-corrected chi connectivity index (χ4v) is 2.95. The van der Waals surface area contributed by atoms with E-state index in [2.05, 4.69) is 9.97 Å². The van der Waals surface area contributed by atoms with Crippen LogP contribution in [0.3, 0.4) is 0 Å². The molecule has 3 N–H and O–H groups in total. The molecule has 5 nitrogen and oxygen atoms in total. The van der Waals surface area contributed by atoms with Gasteiger partial charge >= 0.3 is 0 Å². The topological polar surface area (TPSA) is 77.0 Å². The van der Waals surface area contributed by atoms with Crippen LogP contribution in [0.4, 0.5) is 0 Å². The predicted molar refractivity (Wildman–Crippen MR) is 80.5 cm³/mol. The third-order valence-corrected chi connectivity index (χ3v) is 4.16. The quantitative estimate of drug-likeness (QED) is 0.771. The van der Waals surface area contributed by atoms with Crippen LogP contribution in [-0.2, 0) is 6.54 Å². The van der Waals surface area contributed by atoms with Crippen LogP contribution in [0.25, 0.3) is 22.6 Å². The number of nitrogens with zero attached hydrogens (tertiary/aromatic N) is 3. The molecule has 2 heterocycles. The highest BCUT2D eigenvalue weighted by Gasteiger charge is 2.15. The number of imidazole rings is 1. The molecule has 0 saturated heterocycles. The number of aliphatic hydroxyl groups is 1. The van der Waals surface area contributed by atoms with E-state index >= 15 is 0 Å². The van der Waals surface area contributed by atoms with Crippen molar-refractivity contribution < 1.29 is 5.11 Å². The van der Waals surface area contributed by atoms with Gasteiger partial charge in [0.1, 0.15) is 10.7 Å². The number of aromatic nitrogens is 3. The van der Waals surface area contributed by atoms with Crippen molar-refractivity contribution in [1.29, 1.82) is 0 Å². The molecule has 1 aromatic carbocycles. The van der Waals surface area contributed by atoms with Crippen LogP contribution in [0.2, 0.25) is 0 Å². The summed E-state index contributed by atoms with van der Waals surface area (Å²) < 4.78 is 2.00. The molecular weight excluding hydrogens is 272 g/mol. The van der Waals surface area contributed by atoms with Crippen molar-refractivity contribution in [2.75, 3.05) is 6.61 Å². The zero-order chi connectivity index (χ0) is 14.1. The molecule has 104 valence electrons. The van der Waals surface area contributed by atoms with Crippen LogP contribution in [0.5, 0.6) is 0 Å². The Morgan fingerprint density at radius 1 is 1.35 bits per heavy atom. The third kappa shape index (κ3) is 2.22. The second-order valence-corrected chi connectivity index (χ2v) is 5.55. The van der Waals surface area contributed by atoms with E-state index in [1.807, 2.05) is 41.1 Å². The number of nitrogens with two attached hydrogens (primary N) is 1. The number of rotatable bonds is 4. The van der Waals surface area contributed by atoms with Gasteiger partial charge < -0.3 is 15.4 Å². The molecule has 0 amide bonds. The van der Waals surface area contributed by atoms with Gasteiger partial charge in [0.2, 0.25) is 0 Å². The Morgan fingerprint density at radius 2 is 2.15 bits per heavy atom. The molecular formula is C14H16N4OS. The molecule has 20 heavy (non-hydrogen) atoms. The molecule has 3 aromatic rings. The average Bonchev–Trinajstić information content (AvgIpc) is 3.04. The molecule has 0 aliphatic rings. The summed E-state index contributed by atoms with van der Waals surface area (Å²) in [4.78, 5) is 9.18. The lowest BCUT2D eigenvalue weighted by atomic mass is 10.3. The van der Waals surface area contributed by atoms with Gasteiger partial charge in [0.05, 0.1) is 23.7 Å². The van der Waals surface area contributed by atoms with Crippen molar-refractivity contribution in [1.82, 2.24) is 14.5 Å². The summed E-state index contributed by atoms with van der Waals surface area (Å²) >= 11 is 1.54. The zero-order valence-corrected chi connectivity index (χ0v) is 12.0. The average molecular weight is 288 g/mol. The zero-order valence-electron chi connectivity index (χ0n) is 11.2. The minimum Gasteiger partial charge on any atom is -0.395 e. The Morgan fingerprint density at radius 3 is 2.85 bits per heavy atom. The molecule has 1 unspecified atom stereocenters. The molecule has 6 heteroatoms. The Labute approximate surface area is 120 Å². The van der Waals surface area contributed by atoms with E-state index in [-0.39, 0.29) is 12.6 Å². The number of thiazole rings is 1. The first-order valence-electron chi connectivity index (χ1n) is 6.48. The van der Waals surface area contributed by atoms with Crippen LogP contribution in [-0.4, -0.2) is 26.2 Å². The second kappa shape index (κ2) is 5.32. The molecule has 0 saturated carbocycles. The van der Waals surface area contributed by atoms with Gasteiger partial charge in [-0.1, -0.05) is 12.1 Å². The van der Waals surface area contributed by atoms with E-state index in [1.54, 1.807) is 0 Å². The van der Waals surface area contributed by atoms with Gasteiger partial charge in [-0.2, -0.15) is 0 Å². The number of hydrogen-bond donors (Lipinski definition) is 2. The highest BCUT2D eigenvalue weighted by Crippen LogP contribution is 2.27. The van der Waals surface area contributed by atoms with E-state index < -0.39 is 0 Å². The van der Waals surface area contributed by atoms with Gasteiger partial charge in [0.25, 0.3) is 0 Å². The predicted octanol–water partition coefficient (Wildman–Crippen LogP) is 2.17. The van der Waals surface area contributed by atoms with E-state index in [0.717, 1.165) is 27.6 Å². The molecule has 0 aliphatic carbocycles. The summed E-state index contributed by atoms with van der Waals surface area (Å²) in [5.74, 6) is 0.781. The van der Waals surface area contributed by atoms with Crippen molar-refractivity contribution >= 4 is 22.4 Å². The summed E-state index contributed by atoms with van der Waals surface area (Å²) in [6, 6.07) is 7.81. The van der Waals surface area contributed by atoms with Crippen molar-refractivity contribution in [3.05, 3.63) is 34.7 Å². The van der Waals surface area contributed by atoms with Gasteiger partial charge in [-0.25, -0.2) is 9.97 Å². The lowest BCUT2D eigenvalue weighted by molar-refractivity contribution is 0.278. The minimum atomic E-state index is -0.0792. The van der Waals surface area contributed by atoms with Crippen molar-refractivity contribution in [2.45, 2.75) is 19.5 Å². The van der Waals surface area contributed by atoms with Gasteiger partial charge in [-0.3, -0.25) is 0 Å². The Kier molecular flexibility index (Phi) is 3.52. The maximum Gasteiger partial charge on any atom is 0.160 e. The highest BCUT2D eigenvalue weighted by molar-refractivity contribution is 7.10. The summed E-state index contributed by atoms with van der Waals surface area (Å²) in [6.45, 7) is 2.48. The van der Waals surface area contributed by atoms with Crippen LogP contribution in [0, 0.1) is 0 Å². The second-order valence-electron chi connectivity index (χ2n) is 4.66. The monoisotopic (exact) mass is 288 g/mol. The molecule has 1 atom stereocenters. The standard InChI is InChI=1S/C14H16N4OS/c1-9(15)14-17-11(8-20-14)13-16-10-4-2-3-5-12(10)18(13)6-7-19/h2-5,8-9,19H,6-7,15H2,1H3. The van der Waals surface area contributed by atoms with Gasteiger partial charge in [-0.05, 0) is 19.1 Å². The van der Waals surface area contributed by atoms with Gasteiger partial charge in [0.15, 0.2) is 5.82 Å². The van der Waals surface area contributed by atoms with Gasteiger partial charge in [0, 0.05) is 11.9 Å². The normalized spacial score (nSPS) is 12.9. The summed E-state index contributed by atoms with van der Waals surface area (Å²) in [5, 5.41) is 12.1. The molecule has 0 radical (unpaired) electrons. The van der Waals surface area contributed by atoms with Crippen LogP contribution < -0.4 is 5.73 Å². The molecule has 0 spiro atoms. The van der Waals surface area contributed by atoms with Gasteiger partial charge in [-0.15, -0.1) is 11.3 Å². The smallest absolute Gasteiger partial charge is 0.160 e. The Bertz CT molecular complexity index is 732. The third-order valence-electron chi connectivity index (χ3n) is 3.12. The fourth-order valence-electron chi connectivity index (χ4n) is 2.20. The van der Waals surface area contributed by atoms with E-state index in [0.29, 0.717) is 6.54 Å². The molecule has 0 bridgehead atoms. The number of para-hydroxylation sites is 2. The summed E-state index contributed by atoms with van der Waals surface area (Å²) in [5.41, 5.74) is 8.58. The van der Waals surface area contributed by atoms with Crippen molar-refractivity contribution in [3.63, 3.8) is 0 Å². The molecule has 0 aliphatic heterocycles. The number of fused-ring (bicyclic) bond motifs is 1. The molecule has 0 fully saturated rings. The maximum atomic E-state index is 9.28. The Hall–Kier alpha value is -1.76. The number of benzene rings is 1. The highest BCUT2D eigenvalue weighted by atomic mass is 32.1. The fraction of sp³-hybridized carbons (Fsp3) is 0.286. The maximum absolute atomic E-state index is 9.28. The van der Waals surface area contributed by atoms with Crippen LogP contribution >= 0.6 is 11.3 Å². The number of hydrogen-bond acceptors (Lipinski definition) is 5. The van der Waals surface area contributed by atoms with E-state index in [9.17, 15) is 5.11 Å². The molecule has 3 rings (SSSR count). The first kappa shape index (κ1) is 13.2. The van der Waals surface area contributed by atoms with E-state index in [1.165, 1.54) is 11.3 Å². The van der Waals surface area contributed by atoms with Crippen LogP contribution in [0.1, 0.15) is 18.0 Å². The van der Waals surface area contributed by atoms with Crippen molar-refractivity contribution in [2.24, 2.45) is 5.73 Å². The Balaban J connectivity index is 2.15. The summed E-state index contributed by atoms with van der Waals surface area (Å²) in [7, 11) is 0. The minimum absolute atomic E-state index is 0.0671. The first-order valence-corrected chi connectivity index (χ1v) is 7.36. The largest absolute Gasteiger partial charge is 0.395 e. The van der Waals surface area contributed by atoms with Crippen molar-refractivity contribution in [3.8, 4) is 11.5 Å². The molecule has 2 aromatic heterocycles. The van der Waals surface area contributed by atoms with Crippen LogP contribution in [0.15, 0.2) is 29.6 Å². The number of aliphatic hydroxyl groups excluding tert-OH is 1. The lowest BCUT2D eigenvalue weighted by Crippen LogP contribution is -2.06. The SMILES string of the molecule is CC(N)c1nc(-c2nc3ccccc3n2CCO)cs1.